The van der Waals surface area contributed by atoms with Crippen molar-refractivity contribution >= 4 is 5.91 Å². The maximum Gasteiger partial charge on any atom is 0.269 e. The van der Waals surface area contributed by atoms with E-state index in [0.717, 1.165) is 12.1 Å². The van der Waals surface area contributed by atoms with Gasteiger partial charge in [0, 0.05) is 6.54 Å². The van der Waals surface area contributed by atoms with Crippen molar-refractivity contribution < 1.29 is 4.79 Å². The van der Waals surface area contributed by atoms with Crippen LogP contribution in [0.15, 0.2) is 6.20 Å². The van der Waals surface area contributed by atoms with Crippen molar-refractivity contribution in [2.24, 2.45) is 0 Å². The normalized spacial score (nSPS) is 15.9. The summed E-state index contributed by atoms with van der Waals surface area (Å²) in [7, 11) is 0. The number of hydrogen-bond donors (Lipinski definition) is 1. The first-order valence-electron chi connectivity index (χ1n) is 3.59. The fraction of sp³-hybridized carbons (Fsp3) is 0.429. The number of rotatable bonds is 0. The molecule has 0 fully saturated rings. The molecule has 1 aliphatic heterocycles. The molecule has 1 aromatic rings. The molecule has 2 heterocycles. The Labute approximate surface area is 64.2 Å². The lowest BCUT2D eigenvalue weighted by molar-refractivity contribution is 0.0923. The van der Waals surface area contributed by atoms with Crippen LogP contribution in [-0.4, -0.2) is 22.2 Å². The fourth-order valence-corrected chi connectivity index (χ4v) is 1.30. The van der Waals surface area contributed by atoms with Gasteiger partial charge in [0.15, 0.2) is 0 Å². The van der Waals surface area contributed by atoms with Crippen LogP contribution in [0.2, 0.25) is 0 Å². The van der Waals surface area contributed by atoms with Gasteiger partial charge in [-0.15, -0.1) is 0 Å². The summed E-state index contributed by atoms with van der Waals surface area (Å²) in [5, 5.41) is 6.83. The van der Waals surface area contributed by atoms with E-state index < -0.39 is 0 Å². The fourth-order valence-electron chi connectivity index (χ4n) is 1.30. The Morgan fingerprint density at radius 1 is 1.73 bits per heavy atom. The van der Waals surface area contributed by atoms with Crippen LogP contribution in [0, 0.1) is 6.92 Å². The molecule has 0 saturated carbocycles. The zero-order chi connectivity index (χ0) is 7.84. The van der Waals surface area contributed by atoms with Gasteiger partial charge in [0.1, 0.15) is 5.69 Å². The van der Waals surface area contributed by atoms with Crippen LogP contribution >= 0.6 is 0 Å². The number of nitrogens with one attached hydrogen (secondary N) is 1. The molecule has 0 aromatic carbocycles. The Kier molecular flexibility index (Phi) is 1.21. The Morgan fingerprint density at radius 3 is 3.27 bits per heavy atom. The summed E-state index contributed by atoms with van der Waals surface area (Å²) in [6.45, 7) is 3.37. The summed E-state index contributed by atoms with van der Waals surface area (Å²) in [5.74, 6) is -0.00810. The number of hydrogen-bond acceptors (Lipinski definition) is 2. The predicted octanol–water partition coefficient (Wildman–Crippen LogP) is -0.0651. The second-order valence-corrected chi connectivity index (χ2v) is 2.66. The van der Waals surface area contributed by atoms with Gasteiger partial charge in [-0.2, -0.15) is 5.10 Å². The minimum absolute atomic E-state index is 0.00810. The van der Waals surface area contributed by atoms with Crippen molar-refractivity contribution in [3.05, 3.63) is 17.5 Å². The van der Waals surface area contributed by atoms with E-state index in [-0.39, 0.29) is 5.91 Å². The Morgan fingerprint density at radius 2 is 2.55 bits per heavy atom. The zero-order valence-corrected chi connectivity index (χ0v) is 6.29. The molecule has 0 aliphatic carbocycles. The van der Waals surface area contributed by atoms with Crippen molar-refractivity contribution in [2.75, 3.05) is 6.54 Å². The molecule has 2 rings (SSSR count). The quantitative estimate of drug-likeness (QED) is 0.564. The Hall–Kier alpha value is -1.32. The highest BCUT2D eigenvalue weighted by Crippen LogP contribution is 2.08. The number of aromatic nitrogens is 2. The van der Waals surface area contributed by atoms with Gasteiger partial charge < -0.3 is 5.32 Å². The summed E-state index contributed by atoms with van der Waals surface area (Å²) in [6.07, 6.45) is 1.72. The van der Waals surface area contributed by atoms with Crippen LogP contribution in [0.5, 0.6) is 0 Å². The molecule has 1 N–H and O–H groups in total. The van der Waals surface area contributed by atoms with Crippen LogP contribution in [0.25, 0.3) is 0 Å². The van der Waals surface area contributed by atoms with Crippen molar-refractivity contribution in [3.8, 4) is 0 Å². The highest BCUT2D eigenvalue weighted by Gasteiger charge is 2.18. The van der Waals surface area contributed by atoms with E-state index in [9.17, 15) is 4.79 Å². The molecule has 58 valence electrons. The first kappa shape index (κ1) is 6.39. The van der Waals surface area contributed by atoms with Crippen LogP contribution < -0.4 is 5.32 Å². The van der Waals surface area contributed by atoms with E-state index in [1.54, 1.807) is 10.9 Å². The molecular formula is C7H9N3O. The summed E-state index contributed by atoms with van der Waals surface area (Å²) in [4.78, 5) is 11.2. The molecule has 0 bridgehead atoms. The number of aryl methyl sites for hydroxylation is 1. The smallest absolute Gasteiger partial charge is 0.269 e. The molecule has 1 amide bonds. The lowest BCUT2D eigenvalue weighted by Crippen LogP contribution is -2.35. The van der Waals surface area contributed by atoms with Gasteiger partial charge in [-0.3, -0.25) is 9.48 Å². The molecule has 0 saturated heterocycles. The maximum absolute atomic E-state index is 11.2. The molecule has 4 nitrogen and oxygen atoms in total. The summed E-state index contributed by atoms with van der Waals surface area (Å²) in [5.41, 5.74) is 1.65. The number of nitrogens with zero attached hydrogens (tertiary/aromatic N) is 2. The summed E-state index contributed by atoms with van der Waals surface area (Å²) < 4.78 is 1.74. The average Bonchev–Trinajstić information content (AvgIpc) is 2.34. The second-order valence-electron chi connectivity index (χ2n) is 2.66. The van der Waals surface area contributed by atoms with Crippen molar-refractivity contribution in [1.82, 2.24) is 15.1 Å². The van der Waals surface area contributed by atoms with Gasteiger partial charge in [-0.1, -0.05) is 0 Å². The summed E-state index contributed by atoms with van der Waals surface area (Å²) in [6, 6.07) is 0. The first-order valence-corrected chi connectivity index (χ1v) is 3.59. The second kappa shape index (κ2) is 2.08. The molecular weight excluding hydrogens is 142 g/mol. The Bertz CT molecular complexity index is 303. The standard InChI is InChI=1S/C7H9N3O/c1-5-4-9-10-3-2-8-7(11)6(5)10/h4H,2-3H2,1H3,(H,8,11). The lowest BCUT2D eigenvalue weighted by Gasteiger charge is -2.14. The molecule has 0 radical (unpaired) electrons. The molecule has 0 atom stereocenters. The molecule has 1 aromatic heterocycles. The van der Waals surface area contributed by atoms with Gasteiger partial charge in [0.05, 0.1) is 12.7 Å². The highest BCUT2D eigenvalue weighted by molar-refractivity contribution is 5.94. The number of fused-ring (bicyclic) bond motifs is 1. The van der Waals surface area contributed by atoms with E-state index >= 15 is 0 Å². The van der Waals surface area contributed by atoms with E-state index in [0.29, 0.717) is 12.2 Å². The zero-order valence-electron chi connectivity index (χ0n) is 6.29. The van der Waals surface area contributed by atoms with E-state index in [1.165, 1.54) is 0 Å². The predicted molar refractivity (Wildman–Crippen MR) is 39.3 cm³/mol. The lowest BCUT2D eigenvalue weighted by atomic mass is 10.2. The minimum atomic E-state index is -0.00810. The topological polar surface area (TPSA) is 46.9 Å². The van der Waals surface area contributed by atoms with Gasteiger partial charge >= 0.3 is 0 Å². The summed E-state index contributed by atoms with van der Waals surface area (Å²) >= 11 is 0. The highest BCUT2D eigenvalue weighted by atomic mass is 16.2. The van der Waals surface area contributed by atoms with Crippen LogP contribution in [0.4, 0.5) is 0 Å². The molecule has 0 spiro atoms. The van der Waals surface area contributed by atoms with Crippen LogP contribution in [0.3, 0.4) is 0 Å². The SMILES string of the molecule is Cc1cnn2c1C(=O)NCC2. The first-order chi connectivity index (χ1) is 5.29. The van der Waals surface area contributed by atoms with E-state index in [1.807, 2.05) is 6.92 Å². The average molecular weight is 151 g/mol. The van der Waals surface area contributed by atoms with Crippen molar-refractivity contribution in [1.29, 1.82) is 0 Å². The maximum atomic E-state index is 11.2. The molecule has 0 unspecified atom stereocenters. The molecule has 11 heavy (non-hydrogen) atoms. The number of amides is 1. The van der Waals surface area contributed by atoms with Gasteiger partial charge in [0.25, 0.3) is 5.91 Å². The van der Waals surface area contributed by atoms with Crippen LogP contribution in [-0.2, 0) is 6.54 Å². The van der Waals surface area contributed by atoms with Crippen LogP contribution in [0.1, 0.15) is 16.1 Å². The van der Waals surface area contributed by atoms with E-state index in [4.69, 9.17) is 0 Å². The third-order valence-corrected chi connectivity index (χ3v) is 1.85. The van der Waals surface area contributed by atoms with E-state index in [2.05, 4.69) is 10.4 Å². The monoisotopic (exact) mass is 151 g/mol. The third kappa shape index (κ3) is 0.824. The minimum Gasteiger partial charge on any atom is -0.349 e. The number of carbonyl (C=O) groups is 1. The van der Waals surface area contributed by atoms with Gasteiger partial charge in [-0.05, 0) is 12.5 Å². The number of carbonyl (C=O) groups excluding carboxylic acids is 1. The van der Waals surface area contributed by atoms with Gasteiger partial charge in [0.2, 0.25) is 0 Å². The molecule has 1 aliphatic rings. The third-order valence-electron chi connectivity index (χ3n) is 1.85. The Balaban J connectivity index is 2.56. The van der Waals surface area contributed by atoms with Crippen molar-refractivity contribution in [3.63, 3.8) is 0 Å². The van der Waals surface area contributed by atoms with Gasteiger partial charge in [-0.25, -0.2) is 0 Å². The largest absolute Gasteiger partial charge is 0.349 e. The van der Waals surface area contributed by atoms with Crippen molar-refractivity contribution in [2.45, 2.75) is 13.5 Å². The molecule has 4 heteroatoms.